The third kappa shape index (κ3) is 3.75. The molecule has 0 fully saturated rings. The molecule has 1 amide bonds. The first-order valence-electron chi connectivity index (χ1n) is 4.26. The van der Waals surface area contributed by atoms with Crippen LogP contribution in [0.3, 0.4) is 0 Å². The van der Waals surface area contributed by atoms with Gasteiger partial charge in [-0.15, -0.1) is 0 Å². The summed E-state index contributed by atoms with van der Waals surface area (Å²) in [6.45, 7) is 0.659. The molecule has 4 nitrogen and oxygen atoms in total. The van der Waals surface area contributed by atoms with Crippen molar-refractivity contribution >= 4 is 27.7 Å². The molecule has 0 aliphatic rings. The van der Waals surface area contributed by atoms with Crippen LogP contribution in [0.1, 0.15) is 0 Å². The molecule has 1 aromatic carbocycles. The summed E-state index contributed by atoms with van der Waals surface area (Å²) >= 11 is 3.09. The van der Waals surface area contributed by atoms with Crippen LogP contribution in [-0.2, 0) is 0 Å². The van der Waals surface area contributed by atoms with Gasteiger partial charge in [-0.05, 0) is 28.1 Å². The number of benzene rings is 1. The molecule has 0 aliphatic carbocycles. The Hall–Kier alpha value is -1.30. The van der Waals surface area contributed by atoms with E-state index in [1.54, 1.807) is 12.1 Å². The standard InChI is InChI=1S/C9H10BrFN2O2/c10-8-6(11)2-1-3-7(8)12-4-5-13-9(14)15/h1-3,12-13H,4-5H2,(H,14,15). The lowest BCUT2D eigenvalue weighted by Gasteiger charge is -2.08. The van der Waals surface area contributed by atoms with Gasteiger partial charge in [-0.25, -0.2) is 9.18 Å². The summed E-state index contributed by atoms with van der Waals surface area (Å²) in [7, 11) is 0. The Morgan fingerprint density at radius 3 is 2.87 bits per heavy atom. The highest BCUT2D eigenvalue weighted by atomic mass is 79.9. The molecule has 6 heteroatoms. The van der Waals surface area contributed by atoms with Crippen molar-refractivity contribution in [3.63, 3.8) is 0 Å². The highest BCUT2D eigenvalue weighted by molar-refractivity contribution is 9.10. The SMILES string of the molecule is O=C(O)NCCNc1cccc(F)c1Br. The zero-order chi connectivity index (χ0) is 11.3. The van der Waals surface area contributed by atoms with Crippen LogP contribution in [-0.4, -0.2) is 24.3 Å². The molecule has 0 radical (unpaired) electrons. The molecule has 82 valence electrons. The Balaban J connectivity index is 2.44. The molecular weight excluding hydrogens is 267 g/mol. The van der Waals surface area contributed by atoms with E-state index in [0.29, 0.717) is 16.7 Å². The fourth-order valence-corrected chi connectivity index (χ4v) is 1.41. The van der Waals surface area contributed by atoms with Crippen molar-refractivity contribution in [2.24, 2.45) is 0 Å². The minimum Gasteiger partial charge on any atom is -0.465 e. The summed E-state index contributed by atoms with van der Waals surface area (Å²) in [4.78, 5) is 10.1. The van der Waals surface area contributed by atoms with Gasteiger partial charge in [-0.3, -0.25) is 0 Å². The van der Waals surface area contributed by atoms with Crippen LogP contribution in [0.25, 0.3) is 0 Å². The van der Waals surface area contributed by atoms with Gasteiger partial charge in [-0.1, -0.05) is 6.07 Å². The number of rotatable bonds is 4. The second-order valence-corrected chi connectivity index (χ2v) is 3.55. The van der Waals surface area contributed by atoms with Crippen LogP contribution in [0.5, 0.6) is 0 Å². The molecule has 0 aromatic heterocycles. The summed E-state index contributed by atoms with van der Waals surface area (Å²) < 4.78 is 13.4. The van der Waals surface area contributed by atoms with Crippen LogP contribution in [0, 0.1) is 5.82 Å². The molecule has 0 unspecified atom stereocenters. The molecule has 0 spiro atoms. The highest BCUT2D eigenvalue weighted by Gasteiger charge is 2.03. The number of nitrogens with one attached hydrogen (secondary N) is 2. The van der Waals surface area contributed by atoms with Crippen molar-refractivity contribution in [2.75, 3.05) is 18.4 Å². The maximum absolute atomic E-state index is 13.0. The third-order valence-corrected chi connectivity index (χ3v) is 2.47. The highest BCUT2D eigenvalue weighted by Crippen LogP contribution is 2.24. The van der Waals surface area contributed by atoms with Gasteiger partial charge in [0.15, 0.2) is 0 Å². The number of halogens is 2. The molecule has 0 saturated heterocycles. The molecule has 0 heterocycles. The Labute approximate surface area is 94.6 Å². The molecular formula is C9H10BrFN2O2. The van der Waals surface area contributed by atoms with Crippen LogP contribution >= 0.6 is 15.9 Å². The normalized spacial score (nSPS) is 9.73. The molecule has 1 aromatic rings. The largest absolute Gasteiger partial charge is 0.465 e. The number of anilines is 1. The summed E-state index contributed by atoms with van der Waals surface area (Å²) in [6.07, 6.45) is -1.07. The predicted octanol–water partition coefficient (Wildman–Crippen LogP) is 2.27. The van der Waals surface area contributed by atoms with Gasteiger partial charge in [0.25, 0.3) is 0 Å². The Morgan fingerprint density at radius 1 is 1.47 bits per heavy atom. The summed E-state index contributed by atoms with van der Waals surface area (Å²) in [5.41, 5.74) is 0.599. The minimum atomic E-state index is -1.07. The Bertz CT molecular complexity index is 360. The van der Waals surface area contributed by atoms with E-state index in [4.69, 9.17) is 5.11 Å². The van der Waals surface area contributed by atoms with E-state index < -0.39 is 6.09 Å². The number of hydrogen-bond acceptors (Lipinski definition) is 2. The maximum Gasteiger partial charge on any atom is 0.404 e. The first-order valence-corrected chi connectivity index (χ1v) is 5.05. The number of hydrogen-bond donors (Lipinski definition) is 3. The average molecular weight is 277 g/mol. The monoisotopic (exact) mass is 276 g/mol. The van der Waals surface area contributed by atoms with Gasteiger partial charge in [0.2, 0.25) is 0 Å². The topological polar surface area (TPSA) is 61.4 Å². The molecule has 1 rings (SSSR count). The van der Waals surface area contributed by atoms with Crippen molar-refractivity contribution in [3.05, 3.63) is 28.5 Å². The van der Waals surface area contributed by atoms with E-state index in [0.717, 1.165) is 0 Å². The Morgan fingerprint density at radius 2 is 2.20 bits per heavy atom. The van der Waals surface area contributed by atoms with Gasteiger partial charge in [0.05, 0.1) is 10.2 Å². The van der Waals surface area contributed by atoms with E-state index in [9.17, 15) is 9.18 Å². The molecule has 0 atom stereocenters. The lowest BCUT2D eigenvalue weighted by atomic mass is 10.3. The number of carboxylic acid groups (broad SMARTS) is 1. The van der Waals surface area contributed by atoms with Crippen molar-refractivity contribution in [1.82, 2.24) is 5.32 Å². The molecule has 0 aliphatic heterocycles. The zero-order valence-corrected chi connectivity index (χ0v) is 9.34. The Kier molecular flexibility index (Phi) is 4.36. The van der Waals surface area contributed by atoms with Gasteiger partial charge in [0, 0.05) is 13.1 Å². The number of carbonyl (C=O) groups is 1. The molecule has 0 saturated carbocycles. The summed E-state index contributed by atoms with van der Waals surface area (Å²) in [5, 5.41) is 13.4. The van der Waals surface area contributed by atoms with Crippen molar-refractivity contribution in [2.45, 2.75) is 0 Å². The zero-order valence-electron chi connectivity index (χ0n) is 7.76. The fraction of sp³-hybridized carbons (Fsp3) is 0.222. The van der Waals surface area contributed by atoms with Gasteiger partial charge < -0.3 is 15.7 Å². The van der Waals surface area contributed by atoms with E-state index in [2.05, 4.69) is 26.6 Å². The quantitative estimate of drug-likeness (QED) is 0.740. The second kappa shape index (κ2) is 5.55. The first-order chi connectivity index (χ1) is 7.11. The predicted molar refractivity (Wildman–Crippen MR) is 58.6 cm³/mol. The smallest absolute Gasteiger partial charge is 0.404 e. The van der Waals surface area contributed by atoms with E-state index >= 15 is 0 Å². The lowest BCUT2D eigenvalue weighted by Crippen LogP contribution is -2.27. The van der Waals surface area contributed by atoms with E-state index in [1.807, 2.05) is 0 Å². The van der Waals surface area contributed by atoms with E-state index in [-0.39, 0.29) is 12.4 Å². The number of amides is 1. The van der Waals surface area contributed by atoms with E-state index in [1.165, 1.54) is 6.07 Å². The summed E-state index contributed by atoms with van der Waals surface area (Å²) in [5.74, 6) is -0.355. The van der Waals surface area contributed by atoms with Gasteiger partial charge in [0.1, 0.15) is 5.82 Å². The summed E-state index contributed by atoms with van der Waals surface area (Å²) in [6, 6.07) is 4.62. The molecule has 15 heavy (non-hydrogen) atoms. The van der Waals surface area contributed by atoms with Gasteiger partial charge in [-0.2, -0.15) is 0 Å². The molecule has 0 bridgehead atoms. The maximum atomic E-state index is 13.0. The first kappa shape index (κ1) is 11.8. The van der Waals surface area contributed by atoms with Gasteiger partial charge >= 0.3 is 6.09 Å². The van der Waals surface area contributed by atoms with Crippen molar-refractivity contribution in [1.29, 1.82) is 0 Å². The van der Waals surface area contributed by atoms with Crippen molar-refractivity contribution < 1.29 is 14.3 Å². The second-order valence-electron chi connectivity index (χ2n) is 2.76. The fourth-order valence-electron chi connectivity index (χ4n) is 1.01. The van der Waals surface area contributed by atoms with Crippen molar-refractivity contribution in [3.8, 4) is 0 Å². The van der Waals surface area contributed by atoms with Crippen LogP contribution in [0.4, 0.5) is 14.9 Å². The average Bonchev–Trinajstić information content (AvgIpc) is 2.18. The van der Waals surface area contributed by atoms with Crippen LogP contribution in [0.2, 0.25) is 0 Å². The van der Waals surface area contributed by atoms with Crippen LogP contribution in [0.15, 0.2) is 22.7 Å². The minimum absolute atomic E-state index is 0.262. The van der Waals surface area contributed by atoms with Crippen LogP contribution < -0.4 is 10.6 Å². The third-order valence-electron chi connectivity index (χ3n) is 1.67. The molecule has 3 N–H and O–H groups in total. The lowest BCUT2D eigenvalue weighted by molar-refractivity contribution is 0.195.